The van der Waals surface area contributed by atoms with Crippen molar-refractivity contribution < 1.29 is 13.2 Å². The topological polar surface area (TPSA) is 68.3 Å². The number of hydrogen-bond donors (Lipinski definition) is 1. The number of ether oxygens (including phenoxy) is 1. The number of benzene rings is 2. The summed E-state index contributed by atoms with van der Waals surface area (Å²) >= 11 is 0. The van der Waals surface area contributed by atoms with Gasteiger partial charge in [0.15, 0.2) is 0 Å². The normalized spacial score (nSPS) is 11.3. The highest BCUT2D eigenvalue weighted by molar-refractivity contribution is 7.92. The van der Waals surface area contributed by atoms with Crippen molar-refractivity contribution >= 4 is 26.5 Å². The number of pyridine rings is 1. The molecule has 0 saturated heterocycles. The van der Waals surface area contributed by atoms with Gasteiger partial charge in [-0.3, -0.25) is 9.71 Å². The Kier molecular flexibility index (Phi) is 3.68. The van der Waals surface area contributed by atoms with Crippen LogP contribution in [0.15, 0.2) is 65.8 Å². The third-order valence-corrected chi connectivity index (χ3v) is 4.64. The van der Waals surface area contributed by atoms with E-state index in [9.17, 15) is 8.42 Å². The molecule has 3 rings (SSSR count). The van der Waals surface area contributed by atoms with Crippen LogP contribution in [0.25, 0.3) is 10.8 Å². The van der Waals surface area contributed by atoms with Gasteiger partial charge in [0.25, 0.3) is 10.0 Å². The molecule has 0 aliphatic carbocycles. The van der Waals surface area contributed by atoms with E-state index in [1.54, 1.807) is 43.5 Å². The van der Waals surface area contributed by atoms with Crippen LogP contribution < -0.4 is 9.46 Å². The maximum absolute atomic E-state index is 12.4. The molecule has 0 saturated carbocycles. The first-order valence-corrected chi connectivity index (χ1v) is 8.07. The minimum atomic E-state index is -3.63. The molecule has 1 N–H and O–H groups in total. The number of aromatic nitrogens is 1. The highest BCUT2D eigenvalue weighted by atomic mass is 32.2. The first-order valence-electron chi connectivity index (χ1n) is 6.59. The smallest absolute Gasteiger partial charge is 0.261 e. The molecule has 0 fully saturated rings. The molecule has 0 spiro atoms. The van der Waals surface area contributed by atoms with Crippen LogP contribution >= 0.6 is 0 Å². The fourth-order valence-corrected chi connectivity index (χ4v) is 3.22. The first-order chi connectivity index (χ1) is 10.6. The van der Waals surface area contributed by atoms with Gasteiger partial charge in [0.2, 0.25) is 0 Å². The van der Waals surface area contributed by atoms with Crippen molar-refractivity contribution in [2.24, 2.45) is 0 Å². The molecule has 3 aromatic rings. The summed E-state index contributed by atoms with van der Waals surface area (Å²) < 4.78 is 32.5. The third-order valence-electron chi connectivity index (χ3n) is 3.26. The largest absolute Gasteiger partial charge is 0.497 e. The summed E-state index contributed by atoms with van der Waals surface area (Å²) in [6.07, 6.45) is 3.06. The van der Waals surface area contributed by atoms with Gasteiger partial charge in [-0.2, -0.15) is 0 Å². The standard InChI is InChI=1S/C16H14N2O3S/c1-21-15-4-2-13-11-16(5-3-12(13)10-15)22(19,20)18-14-6-8-17-9-7-14/h2-11H,1H3,(H,17,18). The lowest BCUT2D eigenvalue weighted by Crippen LogP contribution is -2.12. The predicted molar refractivity (Wildman–Crippen MR) is 85.5 cm³/mol. The van der Waals surface area contributed by atoms with E-state index in [0.717, 1.165) is 16.5 Å². The van der Waals surface area contributed by atoms with E-state index in [2.05, 4.69) is 9.71 Å². The number of nitrogens with one attached hydrogen (secondary N) is 1. The molecule has 2 aromatic carbocycles. The number of rotatable bonds is 4. The lowest BCUT2D eigenvalue weighted by molar-refractivity contribution is 0.415. The van der Waals surface area contributed by atoms with Gasteiger partial charge < -0.3 is 4.74 Å². The third kappa shape index (κ3) is 2.87. The zero-order valence-corrected chi connectivity index (χ0v) is 12.7. The second-order valence-corrected chi connectivity index (χ2v) is 6.40. The SMILES string of the molecule is COc1ccc2cc(S(=O)(=O)Nc3ccncc3)ccc2c1. The number of nitrogens with zero attached hydrogens (tertiary/aromatic N) is 1. The molecule has 0 atom stereocenters. The van der Waals surface area contributed by atoms with Crippen molar-refractivity contribution in [3.63, 3.8) is 0 Å². The second-order valence-electron chi connectivity index (χ2n) is 4.72. The van der Waals surface area contributed by atoms with Gasteiger partial charge in [0, 0.05) is 12.4 Å². The summed E-state index contributed by atoms with van der Waals surface area (Å²) in [5, 5.41) is 1.75. The van der Waals surface area contributed by atoms with Gasteiger partial charge in [-0.05, 0) is 47.2 Å². The van der Waals surface area contributed by atoms with Gasteiger partial charge in [0.05, 0.1) is 17.7 Å². The average Bonchev–Trinajstić information content (AvgIpc) is 2.54. The Balaban J connectivity index is 1.98. The molecule has 0 radical (unpaired) electrons. The van der Waals surface area contributed by atoms with Crippen LogP contribution in [0.4, 0.5) is 5.69 Å². The van der Waals surface area contributed by atoms with E-state index in [-0.39, 0.29) is 4.90 Å². The summed E-state index contributed by atoms with van der Waals surface area (Å²) in [6.45, 7) is 0. The van der Waals surface area contributed by atoms with Gasteiger partial charge in [-0.25, -0.2) is 8.42 Å². The molecule has 5 nitrogen and oxygen atoms in total. The quantitative estimate of drug-likeness (QED) is 0.803. The monoisotopic (exact) mass is 314 g/mol. The zero-order valence-electron chi connectivity index (χ0n) is 11.9. The van der Waals surface area contributed by atoms with Crippen LogP contribution in [-0.4, -0.2) is 20.5 Å². The predicted octanol–water partition coefficient (Wildman–Crippen LogP) is 3.04. The van der Waals surface area contributed by atoms with E-state index in [0.29, 0.717) is 5.69 Å². The van der Waals surface area contributed by atoms with Gasteiger partial charge in [-0.1, -0.05) is 12.1 Å². The van der Waals surface area contributed by atoms with Crippen molar-refractivity contribution in [3.8, 4) is 5.75 Å². The molecule has 0 aliphatic rings. The van der Waals surface area contributed by atoms with Crippen molar-refractivity contribution in [3.05, 3.63) is 60.9 Å². The molecule has 0 bridgehead atoms. The fraction of sp³-hybridized carbons (Fsp3) is 0.0625. The molecule has 0 aliphatic heterocycles. The number of fused-ring (bicyclic) bond motifs is 1. The van der Waals surface area contributed by atoms with Gasteiger partial charge in [0.1, 0.15) is 5.75 Å². The highest BCUT2D eigenvalue weighted by Crippen LogP contribution is 2.24. The molecular weight excluding hydrogens is 300 g/mol. The number of sulfonamides is 1. The Morgan fingerprint density at radius 1 is 0.955 bits per heavy atom. The van der Waals surface area contributed by atoms with E-state index in [1.165, 1.54) is 12.4 Å². The Hall–Kier alpha value is -2.60. The van der Waals surface area contributed by atoms with Crippen LogP contribution in [0.3, 0.4) is 0 Å². The average molecular weight is 314 g/mol. The Bertz CT molecular complexity index is 909. The first kappa shape index (κ1) is 14.3. The molecule has 112 valence electrons. The molecule has 22 heavy (non-hydrogen) atoms. The molecular formula is C16H14N2O3S. The molecule has 0 amide bonds. The molecule has 1 aromatic heterocycles. The molecule has 0 unspecified atom stereocenters. The minimum absolute atomic E-state index is 0.210. The maximum atomic E-state index is 12.4. The summed E-state index contributed by atoms with van der Waals surface area (Å²) in [4.78, 5) is 4.07. The number of anilines is 1. The number of hydrogen-bond acceptors (Lipinski definition) is 4. The summed E-state index contributed by atoms with van der Waals surface area (Å²) in [5.74, 6) is 0.734. The Morgan fingerprint density at radius 2 is 1.64 bits per heavy atom. The van der Waals surface area contributed by atoms with Gasteiger partial charge >= 0.3 is 0 Å². The van der Waals surface area contributed by atoms with E-state index in [1.807, 2.05) is 12.1 Å². The Morgan fingerprint density at radius 3 is 2.36 bits per heavy atom. The molecule has 1 heterocycles. The highest BCUT2D eigenvalue weighted by Gasteiger charge is 2.14. The van der Waals surface area contributed by atoms with Crippen LogP contribution in [0, 0.1) is 0 Å². The lowest BCUT2D eigenvalue weighted by Gasteiger charge is -2.09. The summed E-state index contributed by atoms with van der Waals surface area (Å²) in [6, 6.07) is 13.7. The summed E-state index contributed by atoms with van der Waals surface area (Å²) in [7, 11) is -2.03. The van der Waals surface area contributed by atoms with Crippen LogP contribution in [0.1, 0.15) is 0 Å². The maximum Gasteiger partial charge on any atom is 0.261 e. The summed E-state index contributed by atoms with van der Waals surface area (Å²) in [5.41, 5.74) is 0.477. The van der Waals surface area contributed by atoms with Crippen LogP contribution in [0.5, 0.6) is 5.75 Å². The second kappa shape index (κ2) is 5.65. The van der Waals surface area contributed by atoms with E-state index >= 15 is 0 Å². The van der Waals surface area contributed by atoms with Crippen LogP contribution in [-0.2, 0) is 10.0 Å². The van der Waals surface area contributed by atoms with E-state index in [4.69, 9.17) is 4.74 Å². The van der Waals surface area contributed by atoms with E-state index < -0.39 is 10.0 Å². The Labute approximate surface area is 128 Å². The van der Waals surface area contributed by atoms with Crippen molar-refractivity contribution in [2.45, 2.75) is 4.90 Å². The zero-order chi connectivity index (χ0) is 15.6. The molecule has 6 heteroatoms. The minimum Gasteiger partial charge on any atom is -0.497 e. The van der Waals surface area contributed by atoms with Crippen LogP contribution in [0.2, 0.25) is 0 Å². The lowest BCUT2D eigenvalue weighted by atomic mass is 10.1. The fourth-order valence-electron chi connectivity index (χ4n) is 2.13. The van der Waals surface area contributed by atoms with Crippen molar-refractivity contribution in [2.75, 3.05) is 11.8 Å². The van der Waals surface area contributed by atoms with Crippen molar-refractivity contribution in [1.29, 1.82) is 0 Å². The number of methoxy groups -OCH3 is 1. The van der Waals surface area contributed by atoms with Gasteiger partial charge in [-0.15, -0.1) is 0 Å². The van der Waals surface area contributed by atoms with Crippen molar-refractivity contribution in [1.82, 2.24) is 4.98 Å².